The Labute approximate surface area is 282 Å². The van der Waals surface area contributed by atoms with Crippen LogP contribution in [0.15, 0.2) is 66.7 Å². The molecule has 6 atom stereocenters. The molecule has 0 saturated carbocycles. The van der Waals surface area contributed by atoms with Gasteiger partial charge in [0.1, 0.15) is 24.0 Å². The monoisotopic (exact) mass is 664 g/mol. The summed E-state index contributed by atoms with van der Waals surface area (Å²) < 4.78 is 29.6. The topological polar surface area (TPSA) is 138 Å². The number of rotatable bonds is 8. The Bertz CT molecular complexity index is 1420. The maximum Gasteiger partial charge on any atom is 0.347 e. The maximum absolute atomic E-state index is 13.6. The molecule has 48 heavy (non-hydrogen) atoms. The van der Waals surface area contributed by atoms with E-state index in [1.165, 1.54) is 6.08 Å². The van der Waals surface area contributed by atoms with Gasteiger partial charge in [-0.05, 0) is 55.5 Å². The fraction of sp³-hybridized carbons (Fsp3) is 0.514. The summed E-state index contributed by atoms with van der Waals surface area (Å²) in [5, 5.41) is 5.48. The molecule has 1 saturated heterocycles. The molecule has 0 aromatic heterocycles. The van der Waals surface area contributed by atoms with Crippen LogP contribution in [0.2, 0.25) is 0 Å². The van der Waals surface area contributed by atoms with Crippen molar-refractivity contribution in [2.24, 2.45) is 11.8 Å². The Balaban J connectivity index is 1.62. The van der Waals surface area contributed by atoms with Gasteiger partial charge in [0.05, 0.1) is 19.6 Å². The van der Waals surface area contributed by atoms with Crippen LogP contribution < -0.4 is 15.4 Å². The van der Waals surface area contributed by atoms with E-state index in [1.54, 1.807) is 25.3 Å². The lowest BCUT2D eigenvalue weighted by atomic mass is 9.89. The molecule has 0 aliphatic carbocycles. The van der Waals surface area contributed by atoms with Gasteiger partial charge in [0, 0.05) is 25.3 Å². The van der Waals surface area contributed by atoms with E-state index >= 15 is 0 Å². The van der Waals surface area contributed by atoms with Crippen LogP contribution in [0.5, 0.6) is 5.75 Å². The second-order valence-electron chi connectivity index (χ2n) is 13.2. The van der Waals surface area contributed by atoms with Crippen LogP contribution in [-0.4, -0.2) is 67.5 Å². The minimum absolute atomic E-state index is 0.0219. The lowest BCUT2D eigenvalue weighted by Gasteiger charge is -2.31. The van der Waals surface area contributed by atoms with Gasteiger partial charge >= 0.3 is 11.9 Å². The summed E-state index contributed by atoms with van der Waals surface area (Å²) in [5.41, 5.74) is 1.73. The van der Waals surface area contributed by atoms with Crippen LogP contribution >= 0.6 is 0 Å². The van der Waals surface area contributed by atoms with E-state index in [-0.39, 0.29) is 38.1 Å². The Hall–Kier alpha value is -4.22. The van der Waals surface area contributed by atoms with Crippen molar-refractivity contribution in [2.75, 3.05) is 13.7 Å². The average molecular weight is 665 g/mol. The second kappa shape index (κ2) is 16.7. The summed E-state index contributed by atoms with van der Waals surface area (Å²) >= 11 is 0. The zero-order valence-corrected chi connectivity index (χ0v) is 28.6. The van der Waals surface area contributed by atoms with Gasteiger partial charge in [-0.1, -0.05) is 69.3 Å². The number of ether oxygens (including phenoxy) is 5. The van der Waals surface area contributed by atoms with E-state index in [0.717, 1.165) is 11.1 Å². The highest BCUT2D eigenvalue weighted by molar-refractivity contribution is 5.93. The number of nitrogens with one attached hydrogen (secondary N) is 2. The molecule has 0 spiro atoms. The molecule has 2 aromatic rings. The normalized spacial score (nSPS) is 26.9. The predicted octanol–water partition coefficient (Wildman–Crippen LogP) is 4.59. The highest BCUT2D eigenvalue weighted by atomic mass is 16.8. The van der Waals surface area contributed by atoms with Crippen molar-refractivity contribution in [1.29, 1.82) is 0 Å². The standard InChI is InChI=1S/C37H48N2O9/c1-23(2)21-30-36(43)46-29(24(3)33-34(48-37(4,5)47-33)26-11-8-7-9-12-26)13-10-14-31(40)39-28(35(42)38-20-19-32(41)45-30)22-25-15-17-27(44-6)18-16-25/h7-12,14-18,23-24,28-30,33-34H,13,19-22H2,1-6H3,(H,38,42)(H,39,40)/b14-10+/t24-,28+,29-,30-,33+,34+/m0/s1. The zero-order chi connectivity index (χ0) is 34.8. The molecule has 11 heteroatoms. The summed E-state index contributed by atoms with van der Waals surface area (Å²) in [4.78, 5) is 52.9. The molecular weight excluding hydrogens is 616 g/mol. The molecule has 2 aromatic carbocycles. The number of benzene rings is 2. The third-order valence-corrected chi connectivity index (χ3v) is 8.35. The lowest BCUT2D eigenvalue weighted by molar-refractivity contribution is -0.178. The Morgan fingerprint density at radius 2 is 1.65 bits per heavy atom. The van der Waals surface area contributed by atoms with E-state index in [2.05, 4.69) is 10.6 Å². The first-order valence-corrected chi connectivity index (χ1v) is 16.5. The number of esters is 2. The summed E-state index contributed by atoms with van der Waals surface area (Å²) in [7, 11) is 1.57. The minimum atomic E-state index is -1.15. The van der Waals surface area contributed by atoms with Crippen molar-refractivity contribution in [3.05, 3.63) is 77.9 Å². The number of carbonyl (C=O) groups excluding carboxylic acids is 4. The Morgan fingerprint density at radius 3 is 2.31 bits per heavy atom. The largest absolute Gasteiger partial charge is 0.497 e. The van der Waals surface area contributed by atoms with Crippen LogP contribution in [-0.2, 0) is 44.5 Å². The van der Waals surface area contributed by atoms with Gasteiger partial charge in [0.2, 0.25) is 11.8 Å². The van der Waals surface area contributed by atoms with Crippen molar-refractivity contribution >= 4 is 23.8 Å². The molecule has 2 heterocycles. The first-order chi connectivity index (χ1) is 22.8. The lowest BCUT2D eigenvalue weighted by Crippen LogP contribution is -2.48. The molecular formula is C37H48N2O9. The molecule has 2 aliphatic rings. The van der Waals surface area contributed by atoms with Crippen LogP contribution in [0.1, 0.15) is 71.1 Å². The zero-order valence-electron chi connectivity index (χ0n) is 28.6. The van der Waals surface area contributed by atoms with Crippen molar-refractivity contribution < 1.29 is 42.9 Å². The fourth-order valence-electron chi connectivity index (χ4n) is 5.87. The summed E-state index contributed by atoms with van der Waals surface area (Å²) in [5.74, 6) is -2.89. The number of hydrogen-bond donors (Lipinski definition) is 2. The van der Waals surface area contributed by atoms with Gasteiger partial charge in [-0.2, -0.15) is 0 Å². The molecule has 0 radical (unpaired) electrons. The van der Waals surface area contributed by atoms with Crippen molar-refractivity contribution in [3.8, 4) is 5.75 Å². The first-order valence-electron chi connectivity index (χ1n) is 16.5. The SMILES string of the molecule is COc1ccc(C[C@H]2NC(=O)/C=C/C[C@@H]([C@H](C)[C@H]3OC(C)(C)O[C@@H]3c3ccccc3)OC(=O)[C@H](CC(C)C)OC(=O)CCNC2=O)cc1. The molecule has 0 bridgehead atoms. The number of amides is 2. The van der Waals surface area contributed by atoms with Gasteiger partial charge in [-0.15, -0.1) is 0 Å². The molecule has 2 amide bonds. The summed E-state index contributed by atoms with van der Waals surface area (Å²) in [6, 6.07) is 16.0. The number of carbonyl (C=O) groups is 4. The van der Waals surface area contributed by atoms with Crippen LogP contribution in [0.4, 0.5) is 0 Å². The van der Waals surface area contributed by atoms with Crippen LogP contribution in [0.25, 0.3) is 0 Å². The molecule has 0 unspecified atom stereocenters. The predicted molar refractivity (Wildman–Crippen MR) is 178 cm³/mol. The van der Waals surface area contributed by atoms with Gasteiger partial charge in [-0.3, -0.25) is 14.4 Å². The summed E-state index contributed by atoms with van der Waals surface area (Å²) in [6.45, 7) is 9.38. The number of hydrogen-bond acceptors (Lipinski definition) is 9. The van der Waals surface area contributed by atoms with E-state index in [4.69, 9.17) is 23.7 Å². The first kappa shape index (κ1) is 36.6. The molecule has 2 aliphatic heterocycles. The highest BCUT2D eigenvalue weighted by Crippen LogP contribution is 2.43. The second-order valence-corrected chi connectivity index (χ2v) is 13.2. The van der Waals surface area contributed by atoms with Crippen LogP contribution in [0.3, 0.4) is 0 Å². The molecule has 4 rings (SSSR count). The third kappa shape index (κ3) is 10.4. The van der Waals surface area contributed by atoms with Gasteiger partial charge in [0.25, 0.3) is 0 Å². The summed E-state index contributed by atoms with van der Waals surface area (Å²) in [6.07, 6.45) is 0.539. The van der Waals surface area contributed by atoms with Gasteiger partial charge < -0.3 is 34.3 Å². The Morgan fingerprint density at radius 1 is 0.938 bits per heavy atom. The Kier molecular flexibility index (Phi) is 12.8. The number of cyclic esters (lactones) is 2. The van der Waals surface area contributed by atoms with Crippen LogP contribution in [0, 0.1) is 11.8 Å². The quantitative estimate of drug-likeness (QED) is 0.388. The highest BCUT2D eigenvalue weighted by Gasteiger charge is 2.47. The van der Waals surface area contributed by atoms with E-state index < -0.39 is 65.9 Å². The molecule has 11 nitrogen and oxygen atoms in total. The van der Waals surface area contributed by atoms with E-state index in [0.29, 0.717) is 5.75 Å². The van der Waals surface area contributed by atoms with Crippen molar-refractivity contribution in [1.82, 2.24) is 10.6 Å². The van der Waals surface area contributed by atoms with E-state index in [9.17, 15) is 19.2 Å². The van der Waals surface area contributed by atoms with Gasteiger partial charge in [-0.25, -0.2) is 4.79 Å². The van der Waals surface area contributed by atoms with Gasteiger partial charge in [0.15, 0.2) is 11.9 Å². The van der Waals surface area contributed by atoms with Crippen molar-refractivity contribution in [2.45, 2.75) is 96.5 Å². The third-order valence-electron chi connectivity index (χ3n) is 8.35. The number of methoxy groups -OCH3 is 1. The minimum Gasteiger partial charge on any atom is -0.497 e. The smallest absolute Gasteiger partial charge is 0.347 e. The fourth-order valence-corrected chi connectivity index (χ4v) is 5.87. The van der Waals surface area contributed by atoms with E-state index in [1.807, 2.05) is 77.1 Å². The average Bonchev–Trinajstić information content (AvgIpc) is 3.38. The van der Waals surface area contributed by atoms with Crippen molar-refractivity contribution in [3.63, 3.8) is 0 Å². The molecule has 2 N–H and O–H groups in total. The molecule has 260 valence electrons. The molecule has 1 fully saturated rings. The maximum atomic E-state index is 13.6.